The number of hydrogen-bond donors (Lipinski definition) is 1. The van der Waals surface area contributed by atoms with Crippen LogP contribution in [0.25, 0.3) is 0 Å². The molecule has 31 heavy (non-hydrogen) atoms. The van der Waals surface area contributed by atoms with Gasteiger partial charge in [0.15, 0.2) is 6.10 Å². The fourth-order valence-electron chi connectivity index (χ4n) is 4.58. The van der Waals surface area contributed by atoms with Crippen molar-refractivity contribution in [2.45, 2.75) is 44.2 Å². The maximum Gasteiger partial charge on any atom is 0.251 e. The lowest BCUT2D eigenvalue weighted by atomic mass is 9.88. The van der Waals surface area contributed by atoms with E-state index in [1.165, 1.54) is 5.56 Å². The molecular formula is C24H27N5O2. The number of piperidine rings is 1. The van der Waals surface area contributed by atoms with Crippen LogP contribution in [0.5, 0.6) is 0 Å². The molecule has 2 aliphatic heterocycles. The molecule has 0 bridgehead atoms. The quantitative estimate of drug-likeness (QED) is 0.691. The SMILES string of the molecule is O=C(NCc1ccccn1)[C@H]1Cn2ccnc2C2(CCN(Cc3ccccc3)CC2)O1. The zero-order valence-electron chi connectivity index (χ0n) is 17.5. The molecule has 0 saturated carbocycles. The molecule has 1 N–H and O–H groups in total. The second kappa shape index (κ2) is 8.61. The molecule has 0 unspecified atom stereocenters. The highest BCUT2D eigenvalue weighted by atomic mass is 16.5. The molecule has 3 aromatic rings. The number of carbonyl (C=O) groups excluding carboxylic acids is 1. The van der Waals surface area contributed by atoms with E-state index in [9.17, 15) is 4.79 Å². The van der Waals surface area contributed by atoms with Crippen molar-refractivity contribution < 1.29 is 9.53 Å². The van der Waals surface area contributed by atoms with Gasteiger partial charge in [-0.05, 0) is 30.5 Å². The first-order valence-corrected chi connectivity index (χ1v) is 10.9. The number of carbonyl (C=O) groups is 1. The van der Waals surface area contributed by atoms with Gasteiger partial charge in [0, 0.05) is 38.2 Å². The predicted octanol–water partition coefficient (Wildman–Crippen LogP) is 2.48. The number of ether oxygens (including phenoxy) is 1. The number of amides is 1. The molecule has 0 aliphatic carbocycles. The topological polar surface area (TPSA) is 72.3 Å². The minimum atomic E-state index is -0.536. The van der Waals surface area contributed by atoms with Crippen LogP contribution in [0, 0.1) is 0 Å². The van der Waals surface area contributed by atoms with Crippen LogP contribution in [0.4, 0.5) is 0 Å². The summed E-state index contributed by atoms with van der Waals surface area (Å²) in [5, 5.41) is 2.98. The third kappa shape index (κ3) is 4.24. The van der Waals surface area contributed by atoms with Crippen LogP contribution in [0.2, 0.25) is 0 Å². The summed E-state index contributed by atoms with van der Waals surface area (Å²) in [6.07, 6.45) is 6.60. The highest BCUT2D eigenvalue weighted by Gasteiger charge is 2.47. The van der Waals surface area contributed by atoms with Gasteiger partial charge in [0.2, 0.25) is 0 Å². The zero-order valence-corrected chi connectivity index (χ0v) is 17.5. The number of nitrogens with zero attached hydrogens (tertiary/aromatic N) is 4. The molecule has 7 nitrogen and oxygen atoms in total. The van der Waals surface area contributed by atoms with E-state index in [1.807, 2.05) is 36.7 Å². The number of hydrogen-bond acceptors (Lipinski definition) is 5. The Morgan fingerprint density at radius 1 is 1.06 bits per heavy atom. The Morgan fingerprint density at radius 3 is 2.65 bits per heavy atom. The summed E-state index contributed by atoms with van der Waals surface area (Å²) in [5.41, 5.74) is 1.64. The molecule has 4 heterocycles. The zero-order chi connectivity index (χ0) is 21.1. The lowest BCUT2D eigenvalue weighted by molar-refractivity contribution is -0.174. The van der Waals surface area contributed by atoms with E-state index >= 15 is 0 Å². The van der Waals surface area contributed by atoms with Crippen LogP contribution in [-0.2, 0) is 34.8 Å². The van der Waals surface area contributed by atoms with Gasteiger partial charge in [0.1, 0.15) is 11.4 Å². The monoisotopic (exact) mass is 417 g/mol. The van der Waals surface area contributed by atoms with Gasteiger partial charge in [-0.2, -0.15) is 0 Å². The summed E-state index contributed by atoms with van der Waals surface area (Å²) >= 11 is 0. The Labute approximate surface area is 182 Å². The van der Waals surface area contributed by atoms with E-state index in [0.29, 0.717) is 13.1 Å². The number of aromatic nitrogens is 3. The molecule has 5 rings (SSSR count). The minimum Gasteiger partial charge on any atom is -0.352 e. The molecule has 1 saturated heterocycles. The molecule has 0 radical (unpaired) electrons. The Hall–Kier alpha value is -3.03. The number of rotatable bonds is 5. The maximum atomic E-state index is 12.9. The van der Waals surface area contributed by atoms with Crippen molar-refractivity contribution in [3.8, 4) is 0 Å². The first-order valence-electron chi connectivity index (χ1n) is 10.9. The molecular weight excluding hydrogens is 390 g/mol. The highest BCUT2D eigenvalue weighted by molar-refractivity contribution is 5.80. The summed E-state index contributed by atoms with van der Waals surface area (Å²) in [6.45, 7) is 3.63. The van der Waals surface area contributed by atoms with Crippen LogP contribution in [0.15, 0.2) is 67.1 Å². The number of benzene rings is 1. The number of nitrogens with one attached hydrogen (secondary N) is 1. The van der Waals surface area contributed by atoms with Crippen molar-refractivity contribution in [3.63, 3.8) is 0 Å². The van der Waals surface area contributed by atoms with Crippen LogP contribution in [0.1, 0.15) is 29.9 Å². The van der Waals surface area contributed by atoms with Gasteiger partial charge >= 0.3 is 0 Å². The van der Waals surface area contributed by atoms with E-state index in [4.69, 9.17) is 4.74 Å². The van der Waals surface area contributed by atoms with Crippen molar-refractivity contribution >= 4 is 5.91 Å². The normalized spacial score (nSPS) is 20.3. The van der Waals surface area contributed by atoms with Crippen LogP contribution in [-0.4, -0.2) is 44.5 Å². The molecule has 1 spiro atoms. The smallest absolute Gasteiger partial charge is 0.251 e. The van der Waals surface area contributed by atoms with Gasteiger partial charge in [0.25, 0.3) is 5.91 Å². The molecule has 2 aromatic heterocycles. The average molecular weight is 418 g/mol. The second-order valence-corrected chi connectivity index (χ2v) is 8.30. The number of imidazole rings is 1. The third-order valence-electron chi connectivity index (χ3n) is 6.23. The average Bonchev–Trinajstić information content (AvgIpc) is 3.30. The molecule has 1 amide bonds. The molecule has 1 fully saturated rings. The van der Waals surface area contributed by atoms with E-state index in [1.54, 1.807) is 6.20 Å². The van der Waals surface area contributed by atoms with Gasteiger partial charge in [-0.3, -0.25) is 14.7 Å². The van der Waals surface area contributed by atoms with Crippen molar-refractivity contribution in [1.82, 2.24) is 24.8 Å². The summed E-state index contributed by atoms with van der Waals surface area (Å²) < 4.78 is 8.59. The van der Waals surface area contributed by atoms with Crippen LogP contribution >= 0.6 is 0 Å². The summed E-state index contributed by atoms with van der Waals surface area (Å²) in [7, 11) is 0. The van der Waals surface area contributed by atoms with Crippen molar-refractivity contribution in [2.75, 3.05) is 13.1 Å². The number of pyridine rings is 1. The van der Waals surface area contributed by atoms with Gasteiger partial charge in [-0.15, -0.1) is 0 Å². The summed E-state index contributed by atoms with van der Waals surface area (Å²) in [6, 6.07) is 16.2. The molecule has 7 heteroatoms. The Bertz CT molecular complexity index is 1010. The standard InChI is InChI=1S/C24H27N5O2/c30-22(27-16-20-8-4-5-11-25-20)21-18-29-15-12-26-23(29)24(31-21)9-13-28(14-10-24)17-19-6-2-1-3-7-19/h1-8,11-12,15,21H,9-10,13-14,16-18H2,(H,27,30)/t21-/m1/s1. The van der Waals surface area contributed by atoms with Gasteiger partial charge in [-0.1, -0.05) is 36.4 Å². The second-order valence-electron chi connectivity index (χ2n) is 8.30. The number of fused-ring (bicyclic) bond motifs is 2. The first-order chi connectivity index (χ1) is 15.2. The molecule has 2 aliphatic rings. The first kappa shape index (κ1) is 19.9. The fraction of sp³-hybridized carbons (Fsp3) is 0.375. The van der Waals surface area contributed by atoms with Crippen LogP contribution < -0.4 is 5.32 Å². The van der Waals surface area contributed by atoms with Crippen molar-refractivity contribution in [1.29, 1.82) is 0 Å². The Kier molecular flexibility index (Phi) is 5.53. The van der Waals surface area contributed by atoms with E-state index in [2.05, 4.69) is 49.0 Å². The summed E-state index contributed by atoms with van der Waals surface area (Å²) in [4.78, 5) is 24.3. The summed E-state index contributed by atoms with van der Waals surface area (Å²) in [5.74, 6) is 0.844. The lowest BCUT2D eigenvalue weighted by Crippen LogP contribution is -2.53. The van der Waals surface area contributed by atoms with Crippen molar-refractivity contribution in [3.05, 3.63) is 84.2 Å². The molecule has 160 valence electrons. The third-order valence-corrected chi connectivity index (χ3v) is 6.23. The van der Waals surface area contributed by atoms with Gasteiger partial charge in [0.05, 0.1) is 18.8 Å². The molecule has 1 aromatic carbocycles. The fourth-order valence-corrected chi connectivity index (χ4v) is 4.58. The minimum absolute atomic E-state index is 0.101. The van der Waals surface area contributed by atoms with E-state index in [0.717, 1.165) is 44.0 Å². The van der Waals surface area contributed by atoms with E-state index in [-0.39, 0.29) is 5.91 Å². The predicted molar refractivity (Wildman–Crippen MR) is 116 cm³/mol. The van der Waals surface area contributed by atoms with Gasteiger partial charge in [-0.25, -0.2) is 4.98 Å². The van der Waals surface area contributed by atoms with Crippen LogP contribution in [0.3, 0.4) is 0 Å². The largest absolute Gasteiger partial charge is 0.352 e. The molecule has 1 atom stereocenters. The maximum absolute atomic E-state index is 12.9. The highest BCUT2D eigenvalue weighted by Crippen LogP contribution is 2.40. The number of likely N-dealkylation sites (tertiary alicyclic amines) is 1. The van der Waals surface area contributed by atoms with Crippen molar-refractivity contribution in [2.24, 2.45) is 0 Å². The Balaban J connectivity index is 1.26. The lowest BCUT2D eigenvalue weighted by Gasteiger charge is -2.45. The Morgan fingerprint density at radius 2 is 1.87 bits per heavy atom. The van der Waals surface area contributed by atoms with E-state index < -0.39 is 11.7 Å². The van der Waals surface area contributed by atoms with Gasteiger partial charge < -0.3 is 14.6 Å².